The Balaban J connectivity index is 1.78. The zero-order valence-corrected chi connectivity index (χ0v) is 16.8. The van der Waals surface area contributed by atoms with Crippen LogP contribution in [0.1, 0.15) is 49.7 Å². The highest BCUT2D eigenvalue weighted by Gasteiger charge is 2.16. The van der Waals surface area contributed by atoms with Crippen LogP contribution in [-0.2, 0) is 0 Å². The third-order valence-electron chi connectivity index (χ3n) is 3.70. The highest BCUT2D eigenvalue weighted by molar-refractivity contribution is 7.09. The number of ether oxygens (including phenoxy) is 1. The molecule has 0 aliphatic rings. The lowest BCUT2D eigenvalue weighted by Crippen LogP contribution is -2.08. The number of carbonyl (C=O) groups is 1. The molecule has 0 saturated carbocycles. The van der Waals surface area contributed by atoms with Crippen LogP contribution in [0.15, 0.2) is 30.5 Å². The lowest BCUT2D eigenvalue weighted by atomic mass is 10.0. The van der Waals surface area contributed by atoms with Crippen molar-refractivity contribution in [3.63, 3.8) is 0 Å². The monoisotopic (exact) mass is 399 g/mol. The van der Waals surface area contributed by atoms with Gasteiger partial charge in [-0.1, -0.05) is 13.8 Å². The molecule has 146 valence electrons. The molecule has 0 spiro atoms. The Kier molecular flexibility index (Phi) is 5.84. The van der Waals surface area contributed by atoms with E-state index in [-0.39, 0.29) is 17.6 Å². The van der Waals surface area contributed by atoms with Crippen LogP contribution in [-0.4, -0.2) is 36.5 Å². The van der Waals surface area contributed by atoms with Crippen LogP contribution in [0.5, 0.6) is 5.75 Å². The average molecular weight is 399 g/mol. The van der Waals surface area contributed by atoms with Crippen LogP contribution in [0.2, 0.25) is 0 Å². The summed E-state index contributed by atoms with van der Waals surface area (Å²) < 4.78 is 9.90. The molecule has 3 heterocycles. The quantitative estimate of drug-likeness (QED) is 0.603. The Morgan fingerprint density at radius 2 is 1.93 bits per heavy atom. The van der Waals surface area contributed by atoms with Gasteiger partial charge >= 0.3 is 5.97 Å². The minimum Gasteiger partial charge on any atom is -0.489 e. The Hall–Kier alpha value is -3.07. The molecule has 0 amide bonds. The normalized spacial score (nSPS) is 11.1. The fourth-order valence-corrected chi connectivity index (χ4v) is 3.09. The highest BCUT2D eigenvalue weighted by Crippen LogP contribution is 2.25. The van der Waals surface area contributed by atoms with Crippen molar-refractivity contribution in [2.45, 2.75) is 39.7 Å². The van der Waals surface area contributed by atoms with Crippen LogP contribution >= 0.6 is 11.5 Å². The summed E-state index contributed by atoms with van der Waals surface area (Å²) in [6.07, 6.45) is 1.72. The number of carboxylic acids is 1. The van der Waals surface area contributed by atoms with E-state index in [1.54, 1.807) is 24.4 Å². The van der Waals surface area contributed by atoms with Crippen LogP contribution in [0.3, 0.4) is 0 Å². The summed E-state index contributed by atoms with van der Waals surface area (Å²) in [5.74, 6) is 0.696. The van der Waals surface area contributed by atoms with E-state index >= 15 is 0 Å². The molecule has 0 aliphatic heterocycles. The second kappa shape index (κ2) is 8.30. The summed E-state index contributed by atoms with van der Waals surface area (Å²) >= 11 is 1.18. The van der Waals surface area contributed by atoms with E-state index < -0.39 is 5.97 Å². The molecular formula is C19H21N5O3S. The van der Waals surface area contributed by atoms with Crippen LogP contribution in [0, 0.1) is 0 Å². The summed E-state index contributed by atoms with van der Waals surface area (Å²) in [6.45, 7) is 7.71. The summed E-state index contributed by atoms with van der Waals surface area (Å²) in [5.41, 5.74) is 1.36. The topological polar surface area (TPSA) is 110 Å². The highest BCUT2D eigenvalue weighted by atomic mass is 32.1. The van der Waals surface area contributed by atoms with Gasteiger partial charge in [-0.2, -0.15) is 9.36 Å². The first kappa shape index (κ1) is 19.7. The second-order valence-corrected chi connectivity index (χ2v) is 7.43. The van der Waals surface area contributed by atoms with Gasteiger partial charge in [-0.05, 0) is 44.0 Å². The van der Waals surface area contributed by atoms with Gasteiger partial charge in [-0.15, -0.1) is 0 Å². The molecule has 0 aromatic carbocycles. The van der Waals surface area contributed by atoms with Gasteiger partial charge in [-0.3, -0.25) is 0 Å². The van der Waals surface area contributed by atoms with E-state index in [4.69, 9.17) is 4.74 Å². The summed E-state index contributed by atoms with van der Waals surface area (Å²) in [6, 6.07) is 6.80. The molecule has 9 heteroatoms. The Morgan fingerprint density at radius 1 is 1.14 bits per heavy atom. The molecule has 0 radical (unpaired) electrons. The summed E-state index contributed by atoms with van der Waals surface area (Å²) in [5, 5.41) is 12.9. The van der Waals surface area contributed by atoms with E-state index in [9.17, 15) is 9.90 Å². The third kappa shape index (κ3) is 4.61. The first-order valence-corrected chi connectivity index (χ1v) is 9.59. The third-order valence-corrected chi connectivity index (χ3v) is 4.33. The Bertz CT molecular complexity index is 970. The summed E-state index contributed by atoms with van der Waals surface area (Å²) in [7, 11) is 0. The maximum atomic E-state index is 11.3. The first-order chi connectivity index (χ1) is 13.3. The molecule has 3 aromatic rings. The van der Waals surface area contributed by atoms with Gasteiger partial charge < -0.3 is 15.2 Å². The number of carboxylic acid groups (broad SMARTS) is 1. The molecule has 0 fully saturated rings. The van der Waals surface area contributed by atoms with Crippen molar-refractivity contribution in [1.82, 2.24) is 19.3 Å². The van der Waals surface area contributed by atoms with Crippen molar-refractivity contribution in [3.8, 4) is 17.3 Å². The van der Waals surface area contributed by atoms with Gasteiger partial charge in [0.15, 0.2) is 5.82 Å². The van der Waals surface area contributed by atoms with Crippen molar-refractivity contribution in [3.05, 3.63) is 41.7 Å². The van der Waals surface area contributed by atoms with Crippen LogP contribution in [0.4, 0.5) is 10.9 Å². The average Bonchev–Trinajstić information content (AvgIpc) is 3.10. The molecular weight excluding hydrogens is 378 g/mol. The SMILES string of the molecule is CC(C)Oc1ccc(-c2nsc(Nc3ccc(C(=O)O)c(C(C)C)n3)n2)nc1. The molecule has 0 aliphatic carbocycles. The Morgan fingerprint density at radius 3 is 2.54 bits per heavy atom. The minimum atomic E-state index is -0.989. The Labute approximate surface area is 166 Å². The van der Waals surface area contributed by atoms with Gasteiger partial charge in [0.05, 0.1) is 23.6 Å². The largest absolute Gasteiger partial charge is 0.489 e. The van der Waals surface area contributed by atoms with E-state index in [1.165, 1.54) is 11.5 Å². The smallest absolute Gasteiger partial charge is 0.337 e. The number of nitrogens with one attached hydrogen (secondary N) is 1. The standard InChI is InChI=1S/C19H21N5O3S/c1-10(2)16-13(18(25)26)6-8-15(21-16)22-19-23-17(24-28-19)14-7-5-12(9-20-14)27-11(3)4/h5-11H,1-4H3,(H,25,26)(H,21,22,23,24). The number of aromatic carboxylic acids is 1. The number of nitrogens with zero attached hydrogens (tertiary/aromatic N) is 4. The van der Waals surface area contributed by atoms with Crippen molar-refractivity contribution in [1.29, 1.82) is 0 Å². The lowest BCUT2D eigenvalue weighted by Gasteiger charge is -2.11. The van der Waals surface area contributed by atoms with Gasteiger partial charge in [0, 0.05) is 11.5 Å². The zero-order chi connectivity index (χ0) is 20.3. The van der Waals surface area contributed by atoms with Crippen molar-refractivity contribution < 1.29 is 14.6 Å². The number of rotatable bonds is 7. The molecule has 8 nitrogen and oxygen atoms in total. The van der Waals surface area contributed by atoms with Gasteiger partial charge in [0.25, 0.3) is 0 Å². The molecule has 0 bridgehead atoms. The number of hydrogen-bond acceptors (Lipinski definition) is 8. The zero-order valence-electron chi connectivity index (χ0n) is 16.0. The number of hydrogen-bond donors (Lipinski definition) is 2. The molecule has 0 saturated heterocycles. The molecule has 3 rings (SSSR count). The predicted molar refractivity (Wildman–Crippen MR) is 107 cm³/mol. The van der Waals surface area contributed by atoms with E-state index in [0.717, 1.165) is 0 Å². The van der Waals surface area contributed by atoms with Crippen molar-refractivity contribution >= 4 is 28.5 Å². The molecule has 2 N–H and O–H groups in total. The van der Waals surface area contributed by atoms with Gasteiger partial charge in [-0.25, -0.2) is 14.8 Å². The molecule has 28 heavy (non-hydrogen) atoms. The minimum absolute atomic E-state index is 0.0198. The number of aromatic nitrogens is 4. The molecule has 0 unspecified atom stereocenters. The predicted octanol–water partition coefficient (Wildman–Crippen LogP) is 4.35. The van der Waals surface area contributed by atoms with Crippen molar-refractivity contribution in [2.75, 3.05) is 5.32 Å². The van der Waals surface area contributed by atoms with E-state index in [1.807, 2.05) is 33.8 Å². The number of anilines is 2. The van der Waals surface area contributed by atoms with Gasteiger partial charge in [0.2, 0.25) is 5.13 Å². The van der Waals surface area contributed by atoms with Crippen molar-refractivity contribution in [2.24, 2.45) is 0 Å². The number of pyridine rings is 2. The fraction of sp³-hybridized carbons (Fsp3) is 0.316. The first-order valence-electron chi connectivity index (χ1n) is 8.81. The molecule has 3 aromatic heterocycles. The van der Waals surface area contributed by atoms with E-state index in [0.29, 0.717) is 33.9 Å². The van der Waals surface area contributed by atoms with Crippen LogP contribution in [0.25, 0.3) is 11.5 Å². The maximum Gasteiger partial charge on any atom is 0.337 e. The second-order valence-electron chi connectivity index (χ2n) is 6.68. The van der Waals surface area contributed by atoms with Gasteiger partial charge in [0.1, 0.15) is 17.3 Å². The summed E-state index contributed by atoms with van der Waals surface area (Å²) in [4.78, 5) is 24.5. The maximum absolute atomic E-state index is 11.3. The van der Waals surface area contributed by atoms with E-state index in [2.05, 4.69) is 24.6 Å². The fourth-order valence-electron chi connectivity index (χ4n) is 2.51. The lowest BCUT2D eigenvalue weighted by molar-refractivity contribution is 0.0694. The molecule has 0 atom stereocenters. The van der Waals surface area contributed by atoms with Crippen LogP contribution < -0.4 is 10.1 Å².